The number of aromatic nitrogens is 2. The molecule has 0 spiro atoms. The lowest BCUT2D eigenvalue weighted by Gasteiger charge is -2.34. The van der Waals surface area contributed by atoms with Gasteiger partial charge in [0.15, 0.2) is 0 Å². The van der Waals surface area contributed by atoms with Crippen LogP contribution in [0.5, 0.6) is 0 Å². The third kappa shape index (κ3) is 5.06. The summed E-state index contributed by atoms with van der Waals surface area (Å²) in [5, 5.41) is 0. The van der Waals surface area contributed by atoms with Crippen LogP contribution in [0.1, 0.15) is 28.9 Å². The van der Waals surface area contributed by atoms with E-state index in [1.54, 1.807) is 0 Å². The highest BCUT2D eigenvalue weighted by molar-refractivity contribution is 5.80. The summed E-state index contributed by atoms with van der Waals surface area (Å²) in [5.41, 5.74) is 5.76. The van der Waals surface area contributed by atoms with Crippen molar-refractivity contribution in [3.63, 3.8) is 0 Å². The highest BCUT2D eigenvalue weighted by atomic mass is 16.1. The molecule has 3 aromatic rings. The first-order valence-corrected chi connectivity index (χ1v) is 11.2. The van der Waals surface area contributed by atoms with Gasteiger partial charge in [-0.25, -0.2) is 9.97 Å². The fraction of sp³-hybridized carbons (Fsp3) is 0.346. The van der Waals surface area contributed by atoms with Gasteiger partial charge in [0.1, 0.15) is 11.6 Å². The number of carbonyl (C=O) groups excluding carboxylic acids is 1. The van der Waals surface area contributed by atoms with Crippen molar-refractivity contribution in [3.8, 4) is 11.3 Å². The summed E-state index contributed by atoms with van der Waals surface area (Å²) < 4.78 is 0. The standard InChI is InChI=1S/C26H28N4O/c31-24-8-7-20-3-2-6-23(16-20)25-9-10-27-26(28-25)17-21-4-1-5-22(15-21)18-29-11-13-30(19-24)14-12-29/h1-6,9-10,15-16H,7-8,11-14,17-19H2. The number of rotatable bonds is 0. The largest absolute Gasteiger partial charge is 0.298 e. The average molecular weight is 413 g/mol. The highest BCUT2D eigenvalue weighted by Gasteiger charge is 2.19. The molecule has 8 bridgehead atoms. The minimum absolute atomic E-state index is 0.328. The molecule has 1 aromatic heterocycles. The van der Waals surface area contributed by atoms with E-state index < -0.39 is 0 Å². The molecule has 3 aliphatic heterocycles. The third-order valence-corrected chi connectivity index (χ3v) is 6.25. The van der Waals surface area contributed by atoms with Gasteiger partial charge in [-0.15, -0.1) is 0 Å². The normalized spacial score (nSPS) is 21.7. The van der Waals surface area contributed by atoms with Crippen LogP contribution in [0.2, 0.25) is 0 Å². The van der Waals surface area contributed by atoms with Gasteiger partial charge >= 0.3 is 0 Å². The minimum Gasteiger partial charge on any atom is -0.298 e. The van der Waals surface area contributed by atoms with Gasteiger partial charge in [0.25, 0.3) is 0 Å². The summed E-state index contributed by atoms with van der Waals surface area (Å²) in [6, 6.07) is 19.1. The van der Waals surface area contributed by atoms with Crippen molar-refractivity contribution >= 4 is 5.78 Å². The molecule has 4 heterocycles. The Morgan fingerprint density at radius 1 is 0.742 bits per heavy atom. The van der Waals surface area contributed by atoms with Gasteiger partial charge in [-0.05, 0) is 35.2 Å². The lowest BCUT2D eigenvalue weighted by atomic mass is 10.0. The Balaban J connectivity index is 1.47. The number of fused-ring (bicyclic) bond motifs is 5. The van der Waals surface area contributed by atoms with Crippen molar-refractivity contribution in [1.29, 1.82) is 0 Å². The van der Waals surface area contributed by atoms with E-state index in [9.17, 15) is 4.79 Å². The Morgan fingerprint density at radius 2 is 1.48 bits per heavy atom. The Labute approximate surface area is 183 Å². The monoisotopic (exact) mass is 412 g/mol. The molecule has 31 heavy (non-hydrogen) atoms. The maximum Gasteiger partial charge on any atom is 0.147 e. The number of hydrogen-bond acceptors (Lipinski definition) is 5. The molecular formula is C26H28N4O. The molecule has 1 saturated heterocycles. The molecule has 0 saturated carbocycles. The molecule has 6 rings (SSSR count). The molecule has 0 amide bonds. The van der Waals surface area contributed by atoms with Crippen molar-refractivity contribution < 1.29 is 4.79 Å². The van der Waals surface area contributed by atoms with E-state index >= 15 is 0 Å². The molecule has 2 aromatic carbocycles. The van der Waals surface area contributed by atoms with Gasteiger partial charge in [0.2, 0.25) is 0 Å². The Kier molecular flexibility index (Phi) is 5.87. The first kappa shape index (κ1) is 20.0. The van der Waals surface area contributed by atoms with Crippen molar-refractivity contribution in [2.45, 2.75) is 25.8 Å². The topological polar surface area (TPSA) is 49.3 Å². The highest BCUT2D eigenvalue weighted by Crippen LogP contribution is 2.20. The zero-order valence-corrected chi connectivity index (χ0v) is 17.8. The molecule has 5 heteroatoms. The van der Waals surface area contributed by atoms with Crippen molar-refractivity contribution in [2.75, 3.05) is 32.7 Å². The summed E-state index contributed by atoms with van der Waals surface area (Å²) in [6.45, 7) is 5.44. The van der Waals surface area contributed by atoms with Gasteiger partial charge < -0.3 is 0 Å². The molecule has 5 nitrogen and oxygen atoms in total. The van der Waals surface area contributed by atoms with Crippen LogP contribution in [0.25, 0.3) is 11.3 Å². The van der Waals surface area contributed by atoms with Crippen LogP contribution in [-0.2, 0) is 24.2 Å². The molecule has 0 unspecified atom stereocenters. The Morgan fingerprint density at radius 3 is 2.35 bits per heavy atom. The van der Waals surface area contributed by atoms with Crippen molar-refractivity contribution in [3.05, 3.63) is 83.3 Å². The van der Waals surface area contributed by atoms with Crippen LogP contribution in [0.3, 0.4) is 0 Å². The maximum absolute atomic E-state index is 12.6. The molecule has 0 radical (unpaired) electrons. The molecule has 158 valence electrons. The first-order chi connectivity index (χ1) is 15.2. The predicted octanol–water partition coefficient (Wildman–Crippen LogP) is 3.37. The lowest BCUT2D eigenvalue weighted by Crippen LogP contribution is -2.47. The Bertz CT molecular complexity index is 1070. The molecule has 1 fully saturated rings. The van der Waals surface area contributed by atoms with E-state index in [1.165, 1.54) is 16.7 Å². The second-order valence-corrected chi connectivity index (χ2v) is 8.65. The number of hydrogen-bond donors (Lipinski definition) is 0. The van der Waals surface area contributed by atoms with E-state index in [0.29, 0.717) is 18.7 Å². The van der Waals surface area contributed by atoms with E-state index in [4.69, 9.17) is 4.98 Å². The van der Waals surface area contributed by atoms with Crippen LogP contribution in [0.15, 0.2) is 60.8 Å². The fourth-order valence-electron chi connectivity index (χ4n) is 4.53. The lowest BCUT2D eigenvalue weighted by molar-refractivity contribution is -0.120. The molecule has 0 N–H and O–H groups in total. The molecule has 0 atom stereocenters. The smallest absolute Gasteiger partial charge is 0.147 e. The number of benzene rings is 2. The molecule has 0 aliphatic carbocycles. The van der Waals surface area contributed by atoms with Gasteiger partial charge in [0, 0.05) is 57.3 Å². The molecule has 3 aliphatic rings. The van der Waals surface area contributed by atoms with E-state index in [0.717, 1.165) is 62.6 Å². The summed E-state index contributed by atoms with van der Waals surface area (Å²) in [6.07, 6.45) is 3.93. The summed E-state index contributed by atoms with van der Waals surface area (Å²) in [4.78, 5) is 26.7. The third-order valence-electron chi connectivity index (χ3n) is 6.25. The van der Waals surface area contributed by atoms with Crippen LogP contribution in [0.4, 0.5) is 0 Å². The number of nitrogens with zero attached hydrogens (tertiary/aromatic N) is 4. The second kappa shape index (κ2) is 9.08. The summed E-state index contributed by atoms with van der Waals surface area (Å²) >= 11 is 0. The van der Waals surface area contributed by atoms with E-state index in [-0.39, 0.29) is 0 Å². The average Bonchev–Trinajstić information content (AvgIpc) is 2.79. The zero-order chi connectivity index (χ0) is 21.0. The number of carbonyl (C=O) groups is 1. The van der Waals surface area contributed by atoms with Gasteiger partial charge in [0.05, 0.1) is 12.2 Å². The summed E-state index contributed by atoms with van der Waals surface area (Å²) in [5.74, 6) is 1.16. The predicted molar refractivity (Wildman–Crippen MR) is 122 cm³/mol. The SMILES string of the molecule is O=C1CCc2cccc(c2)-c2ccnc(n2)Cc2cccc(c2)CN2CCN(CC2)C1. The fourth-order valence-corrected chi connectivity index (χ4v) is 4.53. The van der Waals surface area contributed by atoms with Gasteiger partial charge in [-0.1, -0.05) is 42.5 Å². The summed E-state index contributed by atoms with van der Waals surface area (Å²) in [7, 11) is 0. The van der Waals surface area contributed by atoms with Crippen LogP contribution in [-0.4, -0.2) is 58.3 Å². The number of Topliss-reactive ketones (excluding diaryl/α,β-unsaturated/α-hetero) is 1. The first-order valence-electron chi connectivity index (χ1n) is 11.2. The van der Waals surface area contributed by atoms with Gasteiger partial charge in [-0.3, -0.25) is 14.6 Å². The van der Waals surface area contributed by atoms with E-state index in [1.807, 2.05) is 12.3 Å². The Hall–Kier alpha value is -2.89. The van der Waals surface area contributed by atoms with Crippen LogP contribution >= 0.6 is 0 Å². The second-order valence-electron chi connectivity index (χ2n) is 8.65. The van der Waals surface area contributed by atoms with Gasteiger partial charge in [-0.2, -0.15) is 0 Å². The maximum atomic E-state index is 12.6. The van der Waals surface area contributed by atoms with Crippen LogP contribution < -0.4 is 0 Å². The number of aryl methyl sites for hydroxylation is 1. The quantitative estimate of drug-likeness (QED) is 0.567. The number of ketones is 1. The van der Waals surface area contributed by atoms with Crippen molar-refractivity contribution in [2.24, 2.45) is 0 Å². The van der Waals surface area contributed by atoms with Crippen molar-refractivity contribution in [1.82, 2.24) is 19.8 Å². The number of piperazine rings is 1. The minimum atomic E-state index is 0.328. The zero-order valence-electron chi connectivity index (χ0n) is 17.8. The molecular weight excluding hydrogens is 384 g/mol. The van der Waals surface area contributed by atoms with Crippen LogP contribution in [0, 0.1) is 0 Å². The van der Waals surface area contributed by atoms with E-state index in [2.05, 4.69) is 63.3 Å².